The Labute approximate surface area is 74.3 Å². The Morgan fingerprint density at radius 1 is 1.00 bits per heavy atom. The smallest absolute Gasteiger partial charge is 0.205 e. The molecule has 0 unspecified atom stereocenters. The van der Waals surface area contributed by atoms with Gasteiger partial charge in [0.2, 0.25) is 5.13 Å². The lowest BCUT2D eigenvalue weighted by Crippen LogP contribution is -1.76. The normalized spacial score (nSPS) is 11.3. The third-order valence-corrected chi connectivity index (χ3v) is 3.68. The number of thiophene rings is 2. The fourth-order valence-electron chi connectivity index (χ4n) is 0.983. The Morgan fingerprint density at radius 2 is 1.67 bits per heavy atom. The van der Waals surface area contributed by atoms with Gasteiger partial charge < -0.3 is 0 Å². The van der Waals surface area contributed by atoms with Crippen LogP contribution in [0.25, 0.3) is 9.40 Å². The van der Waals surface area contributed by atoms with Crippen LogP contribution in [0.5, 0.6) is 0 Å². The Morgan fingerprint density at radius 3 is 2.25 bits per heavy atom. The standard InChI is InChI=1S/C7H3F3S2/c1-2-4(8)3-5(9)6(10)12-7(3)11-2/h1H3. The van der Waals surface area contributed by atoms with Crippen molar-refractivity contribution in [3.05, 3.63) is 21.6 Å². The lowest BCUT2D eigenvalue weighted by molar-refractivity contribution is 0.532. The Hall–Kier alpha value is -0.550. The van der Waals surface area contributed by atoms with Crippen molar-refractivity contribution >= 4 is 32.1 Å². The number of hydrogen-bond acceptors (Lipinski definition) is 2. The number of hydrogen-bond donors (Lipinski definition) is 0. The molecule has 0 amide bonds. The summed E-state index contributed by atoms with van der Waals surface area (Å²) < 4.78 is 38.8. The van der Waals surface area contributed by atoms with Gasteiger partial charge in [-0.3, -0.25) is 0 Å². The molecule has 0 radical (unpaired) electrons. The molecule has 0 saturated heterocycles. The third-order valence-electron chi connectivity index (χ3n) is 1.55. The second kappa shape index (κ2) is 2.47. The van der Waals surface area contributed by atoms with Gasteiger partial charge in [0.1, 0.15) is 5.82 Å². The van der Waals surface area contributed by atoms with E-state index in [-0.39, 0.29) is 5.39 Å². The van der Waals surface area contributed by atoms with E-state index in [0.29, 0.717) is 20.2 Å². The lowest BCUT2D eigenvalue weighted by atomic mass is 10.3. The van der Waals surface area contributed by atoms with Crippen LogP contribution in [0.15, 0.2) is 0 Å². The number of halogens is 3. The van der Waals surface area contributed by atoms with Gasteiger partial charge in [-0.15, -0.1) is 11.3 Å². The molecule has 2 rings (SSSR count). The molecule has 0 atom stereocenters. The number of rotatable bonds is 0. The predicted octanol–water partition coefficient (Wildman–Crippen LogP) is 3.69. The molecule has 2 aromatic heterocycles. The predicted molar refractivity (Wildman–Crippen MR) is 44.3 cm³/mol. The SMILES string of the molecule is Cc1sc2sc(F)c(F)c2c1F. The molecule has 0 nitrogen and oxygen atoms in total. The average Bonchev–Trinajstić information content (AvgIpc) is 2.40. The van der Waals surface area contributed by atoms with Crippen molar-refractivity contribution in [3.63, 3.8) is 0 Å². The summed E-state index contributed by atoms with van der Waals surface area (Å²) in [6, 6.07) is 0. The van der Waals surface area contributed by atoms with E-state index in [2.05, 4.69) is 0 Å². The average molecular weight is 208 g/mol. The molecule has 0 saturated carbocycles. The minimum Gasteiger partial charge on any atom is -0.205 e. The fourth-order valence-corrected chi connectivity index (χ4v) is 3.13. The molecular weight excluding hydrogens is 205 g/mol. The van der Waals surface area contributed by atoms with Crippen LogP contribution in [-0.2, 0) is 0 Å². The van der Waals surface area contributed by atoms with Gasteiger partial charge in [-0.25, -0.2) is 8.78 Å². The summed E-state index contributed by atoms with van der Waals surface area (Å²) in [5.41, 5.74) is 0. The highest BCUT2D eigenvalue weighted by Crippen LogP contribution is 2.37. The highest BCUT2D eigenvalue weighted by Gasteiger charge is 2.19. The molecule has 2 heterocycles. The van der Waals surface area contributed by atoms with Crippen molar-refractivity contribution in [2.45, 2.75) is 6.92 Å². The third kappa shape index (κ3) is 0.895. The van der Waals surface area contributed by atoms with Crippen molar-refractivity contribution in [3.8, 4) is 0 Å². The molecule has 0 aromatic carbocycles. The first-order valence-electron chi connectivity index (χ1n) is 3.13. The van der Waals surface area contributed by atoms with Crippen molar-refractivity contribution in [2.75, 3.05) is 0 Å². The van der Waals surface area contributed by atoms with E-state index in [4.69, 9.17) is 0 Å². The van der Waals surface area contributed by atoms with Crippen LogP contribution >= 0.6 is 22.7 Å². The molecule has 5 heteroatoms. The number of aryl methyl sites for hydroxylation is 1. The largest absolute Gasteiger partial charge is 0.214 e. The zero-order valence-corrected chi connectivity index (χ0v) is 7.58. The minimum absolute atomic E-state index is 0.194. The van der Waals surface area contributed by atoms with Gasteiger partial charge >= 0.3 is 0 Å². The van der Waals surface area contributed by atoms with E-state index in [1.54, 1.807) is 6.92 Å². The van der Waals surface area contributed by atoms with E-state index in [0.717, 1.165) is 11.3 Å². The zero-order chi connectivity index (χ0) is 8.88. The Balaban J connectivity index is 2.94. The molecule has 2 aromatic rings. The van der Waals surface area contributed by atoms with E-state index < -0.39 is 16.8 Å². The molecule has 0 fully saturated rings. The highest BCUT2D eigenvalue weighted by molar-refractivity contribution is 7.37. The Kier molecular flexibility index (Phi) is 1.66. The van der Waals surface area contributed by atoms with E-state index >= 15 is 0 Å². The summed E-state index contributed by atoms with van der Waals surface area (Å²) in [4.78, 5) is 0.398. The molecule has 0 aliphatic carbocycles. The van der Waals surface area contributed by atoms with Crippen molar-refractivity contribution in [2.24, 2.45) is 0 Å². The summed E-state index contributed by atoms with van der Waals surface area (Å²) in [5.74, 6) is -1.69. The van der Waals surface area contributed by atoms with E-state index in [1.807, 2.05) is 0 Å². The van der Waals surface area contributed by atoms with Crippen molar-refractivity contribution in [1.29, 1.82) is 0 Å². The molecule has 0 bridgehead atoms. The maximum absolute atomic E-state index is 13.0. The minimum atomic E-state index is -1.06. The van der Waals surface area contributed by atoms with Gasteiger partial charge in [-0.1, -0.05) is 11.3 Å². The number of fused-ring (bicyclic) bond motifs is 1. The monoisotopic (exact) mass is 208 g/mol. The molecule has 0 spiro atoms. The molecule has 64 valence electrons. The van der Waals surface area contributed by atoms with Crippen LogP contribution in [0.3, 0.4) is 0 Å². The topological polar surface area (TPSA) is 0 Å². The molecular formula is C7H3F3S2. The molecule has 0 aliphatic heterocycles. The maximum atomic E-state index is 13.0. The lowest BCUT2D eigenvalue weighted by Gasteiger charge is -1.83. The quantitative estimate of drug-likeness (QED) is 0.619. The van der Waals surface area contributed by atoms with Gasteiger partial charge in [0.15, 0.2) is 5.82 Å². The maximum Gasteiger partial charge on any atom is 0.214 e. The van der Waals surface area contributed by atoms with Crippen LogP contribution in [-0.4, -0.2) is 0 Å². The van der Waals surface area contributed by atoms with Crippen LogP contribution in [0.4, 0.5) is 13.2 Å². The summed E-state index contributed by atoms with van der Waals surface area (Å²) in [5, 5.41) is -1.13. The molecule has 0 N–H and O–H groups in total. The van der Waals surface area contributed by atoms with Gasteiger partial charge in [0.05, 0.1) is 9.40 Å². The Bertz CT molecular complexity index is 403. The summed E-state index contributed by atoms with van der Waals surface area (Å²) in [6.45, 7) is 1.55. The van der Waals surface area contributed by atoms with E-state index in [9.17, 15) is 13.2 Å². The zero-order valence-electron chi connectivity index (χ0n) is 5.95. The van der Waals surface area contributed by atoms with Gasteiger partial charge in [-0.05, 0) is 6.92 Å². The van der Waals surface area contributed by atoms with Crippen molar-refractivity contribution in [1.82, 2.24) is 0 Å². The molecule has 12 heavy (non-hydrogen) atoms. The van der Waals surface area contributed by atoms with Gasteiger partial charge in [0.25, 0.3) is 0 Å². The highest BCUT2D eigenvalue weighted by atomic mass is 32.2. The van der Waals surface area contributed by atoms with Crippen LogP contribution < -0.4 is 0 Å². The van der Waals surface area contributed by atoms with Gasteiger partial charge in [0, 0.05) is 4.88 Å². The molecule has 0 aliphatic rings. The summed E-state index contributed by atoms with van der Waals surface area (Å²) >= 11 is 1.73. The first kappa shape index (κ1) is 8.07. The van der Waals surface area contributed by atoms with Crippen LogP contribution in [0.1, 0.15) is 4.88 Å². The fraction of sp³-hybridized carbons (Fsp3) is 0.143. The second-order valence-electron chi connectivity index (χ2n) is 2.32. The second-order valence-corrected chi connectivity index (χ2v) is 4.78. The summed E-state index contributed by atoms with van der Waals surface area (Å²) in [7, 11) is 0. The first-order valence-corrected chi connectivity index (χ1v) is 4.77. The van der Waals surface area contributed by atoms with Crippen LogP contribution in [0.2, 0.25) is 0 Å². The van der Waals surface area contributed by atoms with E-state index in [1.165, 1.54) is 0 Å². The van der Waals surface area contributed by atoms with Crippen LogP contribution in [0, 0.1) is 23.7 Å². The first-order chi connectivity index (χ1) is 5.61. The van der Waals surface area contributed by atoms with Gasteiger partial charge in [-0.2, -0.15) is 4.39 Å². The summed E-state index contributed by atoms with van der Waals surface area (Å²) in [6.07, 6.45) is 0. The van der Waals surface area contributed by atoms with Crippen molar-refractivity contribution < 1.29 is 13.2 Å².